The highest BCUT2D eigenvalue weighted by molar-refractivity contribution is 5.77. The third kappa shape index (κ3) is 7.96. The van der Waals surface area contributed by atoms with Gasteiger partial charge in [-0.1, -0.05) is 26.8 Å². The molecule has 4 atom stereocenters. The summed E-state index contributed by atoms with van der Waals surface area (Å²) in [5.74, 6) is -3.95. The molecule has 3 N–H and O–H groups in total. The number of benzene rings is 1. The van der Waals surface area contributed by atoms with E-state index in [4.69, 9.17) is 19.9 Å². The van der Waals surface area contributed by atoms with Crippen LogP contribution in [0.15, 0.2) is 18.2 Å². The molecule has 0 aliphatic heterocycles. The van der Waals surface area contributed by atoms with E-state index in [1.54, 1.807) is 19.9 Å². The van der Waals surface area contributed by atoms with Crippen molar-refractivity contribution in [1.82, 2.24) is 0 Å². The highest BCUT2D eigenvalue weighted by atomic mass is 16.6. The zero-order chi connectivity index (χ0) is 24.4. The first kappa shape index (κ1) is 27.1. The molecule has 9 nitrogen and oxygen atoms in total. The summed E-state index contributed by atoms with van der Waals surface area (Å²) < 4.78 is 16.0. The lowest BCUT2D eigenvalue weighted by Crippen LogP contribution is -2.42. The fraction of sp³-hybridized carbons (Fsp3) is 0.565. The molecule has 0 bridgehead atoms. The van der Waals surface area contributed by atoms with E-state index >= 15 is 0 Å². The van der Waals surface area contributed by atoms with Crippen molar-refractivity contribution in [2.75, 3.05) is 0 Å². The van der Waals surface area contributed by atoms with Crippen molar-refractivity contribution in [2.45, 2.75) is 78.4 Å². The summed E-state index contributed by atoms with van der Waals surface area (Å²) in [7, 11) is 0. The van der Waals surface area contributed by atoms with Crippen molar-refractivity contribution in [3.63, 3.8) is 0 Å². The van der Waals surface area contributed by atoms with E-state index in [1.165, 1.54) is 19.1 Å². The van der Waals surface area contributed by atoms with Crippen LogP contribution < -0.4 is 15.2 Å². The van der Waals surface area contributed by atoms with Gasteiger partial charge >= 0.3 is 23.9 Å². The Balaban J connectivity index is 3.44. The van der Waals surface area contributed by atoms with Crippen LogP contribution in [0.3, 0.4) is 0 Å². The maximum Gasteiger partial charge on any atom is 0.321 e. The first-order valence-corrected chi connectivity index (χ1v) is 10.7. The minimum Gasteiger partial charge on any atom is -0.480 e. The van der Waals surface area contributed by atoms with Crippen molar-refractivity contribution in [2.24, 2.45) is 11.7 Å². The van der Waals surface area contributed by atoms with Crippen molar-refractivity contribution < 1.29 is 38.5 Å². The van der Waals surface area contributed by atoms with Crippen LogP contribution in [0.1, 0.15) is 71.8 Å². The molecule has 3 unspecified atom stereocenters. The summed E-state index contributed by atoms with van der Waals surface area (Å²) in [6, 6.07) is 3.14. The Morgan fingerprint density at radius 3 is 1.97 bits per heavy atom. The van der Waals surface area contributed by atoms with Crippen LogP contribution in [0.2, 0.25) is 0 Å². The molecule has 0 aliphatic rings. The summed E-state index contributed by atoms with van der Waals surface area (Å²) in [5.41, 5.74) is 6.43. The first-order chi connectivity index (χ1) is 15.0. The quantitative estimate of drug-likeness (QED) is 0.362. The summed E-state index contributed by atoms with van der Waals surface area (Å²) in [5, 5.41) is 9.56. The maximum absolute atomic E-state index is 12.1. The van der Waals surface area contributed by atoms with E-state index in [0.717, 1.165) is 0 Å². The average molecular weight is 452 g/mol. The molecule has 1 aromatic rings. The number of esters is 3. The van der Waals surface area contributed by atoms with Gasteiger partial charge in [-0.3, -0.25) is 19.2 Å². The van der Waals surface area contributed by atoms with Gasteiger partial charge in [0.15, 0.2) is 11.5 Å². The van der Waals surface area contributed by atoms with Gasteiger partial charge in [-0.05, 0) is 37.5 Å². The van der Waals surface area contributed by atoms with E-state index in [2.05, 4.69) is 0 Å². The second-order valence-corrected chi connectivity index (χ2v) is 7.72. The van der Waals surface area contributed by atoms with Gasteiger partial charge in [0.05, 0.1) is 0 Å². The van der Waals surface area contributed by atoms with Crippen LogP contribution in [0.5, 0.6) is 11.5 Å². The van der Waals surface area contributed by atoms with E-state index in [-0.39, 0.29) is 24.3 Å². The second kappa shape index (κ2) is 12.8. The smallest absolute Gasteiger partial charge is 0.321 e. The Hall–Kier alpha value is -2.94. The van der Waals surface area contributed by atoms with Crippen molar-refractivity contribution in [3.8, 4) is 11.5 Å². The molecule has 1 aromatic carbocycles. The molecule has 32 heavy (non-hydrogen) atoms. The largest absolute Gasteiger partial charge is 0.480 e. The Kier molecular flexibility index (Phi) is 10.8. The van der Waals surface area contributed by atoms with Crippen molar-refractivity contribution in [1.29, 1.82) is 0 Å². The summed E-state index contributed by atoms with van der Waals surface area (Å²) in [4.78, 5) is 47.2. The van der Waals surface area contributed by atoms with Crippen molar-refractivity contribution >= 4 is 23.9 Å². The molecule has 0 spiro atoms. The fourth-order valence-corrected chi connectivity index (χ4v) is 3.30. The number of aliphatic carboxylic acids is 1. The zero-order valence-corrected chi connectivity index (χ0v) is 19.3. The van der Waals surface area contributed by atoms with Crippen LogP contribution >= 0.6 is 0 Å². The Labute approximate surface area is 188 Å². The molecule has 1 rings (SSSR count). The highest BCUT2D eigenvalue weighted by Crippen LogP contribution is 2.37. The van der Waals surface area contributed by atoms with Gasteiger partial charge in [0, 0.05) is 31.6 Å². The molecule has 0 fully saturated rings. The lowest BCUT2D eigenvalue weighted by atomic mass is 9.79. The molecule has 178 valence electrons. The molecule has 0 saturated heterocycles. The SMILES string of the molecule is CCCC(=O)Oc1ccc(C(C(C)C(C)OC(C)=O)[C@H](N)C(=O)O)cc1OC(=O)CCC. The van der Waals surface area contributed by atoms with Gasteiger partial charge < -0.3 is 25.1 Å². The number of nitrogens with two attached hydrogens (primary N) is 1. The fourth-order valence-electron chi connectivity index (χ4n) is 3.30. The molecule has 9 heteroatoms. The number of ether oxygens (including phenoxy) is 3. The van der Waals surface area contributed by atoms with Gasteiger partial charge in [-0.15, -0.1) is 0 Å². The predicted octanol–water partition coefficient (Wildman–Crippen LogP) is 3.18. The summed E-state index contributed by atoms with van der Waals surface area (Å²) >= 11 is 0. The average Bonchev–Trinajstić information content (AvgIpc) is 2.69. The van der Waals surface area contributed by atoms with E-state index < -0.39 is 47.9 Å². The highest BCUT2D eigenvalue weighted by Gasteiger charge is 2.35. The minimum absolute atomic E-state index is 0.000307. The van der Waals surface area contributed by atoms with E-state index in [9.17, 15) is 24.3 Å². The molecule has 0 aliphatic carbocycles. The molecular weight excluding hydrogens is 418 g/mol. The number of rotatable bonds is 12. The number of carboxylic acids is 1. The normalized spacial score (nSPS) is 14.6. The molecule has 0 radical (unpaired) electrons. The monoisotopic (exact) mass is 451 g/mol. The second-order valence-electron chi connectivity index (χ2n) is 7.72. The van der Waals surface area contributed by atoms with Crippen LogP contribution in [0.25, 0.3) is 0 Å². The zero-order valence-electron chi connectivity index (χ0n) is 19.3. The number of hydrogen-bond acceptors (Lipinski definition) is 8. The number of carboxylic acid groups (broad SMARTS) is 1. The molecule has 0 saturated carbocycles. The summed E-state index contributed by atoms with van der Waals surface area (Å²) in [6.07, 6.45) is 0.865. The van der Waals surface area contributed by atoms with Crippen LogP contribution in [-0.2, 0) is 23.9 Å². The van der Waals surface area contributed by atoms with Crippen LogP contribution in [0.4, 0.5) is 0 Å². The lowest BCUT2D eigenvalue weighted by Gasteiger charge is -2.31. The molecule has 0 amide bonds. The Morgan fingerprint density at radius 2 is 1.50 bits per heavy atom. The molecular formula is C23H33NO8. The standard InChI is InChI=1S/C23H33NO8/c1-6-8-19(26)31-17-11-10-16(12-18(17)32-20(27)9-7-2)21(22(24)23(28)29)13(3)14(4)30-15(5)25/h10-14,21-22H,6-9,24H2,1-5H3,(H,28,29)/t13?,14?,21?,22-/m0/s1. The number of carbonyl (C=O) groups is 4. The Morgan fingerprint density at radius 1 is 0.969 bits per heavy atom. The van der Waals surface area contributed by atoms with Gasteiger partial charge in [-0.25, -0.2) is 0 Å². The van der Waals surface area contributed by atoms with Gasteiger partial charge in [0.1, 0.15) is 12.1 Å². The number of carbonyl (C=O) groups excluding carboxylic acids is 3. The van der Waals surface area contributed by atoms with Crippen LogP contribution in [-0.4, -0.2) is 41.1 Å². The molecule has 0 aromatic heterocycles. The Bertz CT molecular complexity index is 822. The van der Waals surface area contributed by atoms with Gasteiger partial charge in [-0.2, -0.15) is 0 Å². The van der Waals surface area contributed by atoms with E-state index in [0.29, 0.717) is 18.4 Å². The van der Waals surface area contributed by atoms with E-state index in [1.807, 2.05) is 13.8 Å². The lowest BCUT2D eigenvalue weighted by molar-refractivity contribution is -0.148. The minimum atomic E-state index is -1.32. The maximum atomic E-state index is 12.1. The van der Waals surface area contributed by atoms with Crippen LogP contribution in [0, 0.1) is 5.92 Å². The third-order valence-electron chi connectivity index (χ3n) is 5.04. The van der Waals surface area contributed by atoms with Gasteiger partial charge in [0.2, 0.25) is 0 Å². The number of hydrogen-bond donors (Lipinski definition) is 2. The first-order valence-electron chi connectivity index (χ1n) is 10.7. The molecule has 0 heterocycles. The summed E-state index contributed by atoms with van der Waals surface area (Å²) in [6.45, 7) is 8.28. The van der Waals surface area contributed by atoms with Crippen molar-refractivity contribution in [3.05, 3.63) is 23.8 Å². The van der Waals surface area contributed by atoms with Gasteiger partial charge in [0.25, 0.3) is 0 Å². The third-order valence-corrected chi connectivity index (χ3v) is 5.04. The predicted molar refractivity (Wildman–Crippen MR) is 116 cm³/mol. The topological polar surface area (TPSA) is 142 Å².